The Morgan fingerprint density at radius 3 is 2.47 bits per heavy atom. The van der Waals surface area contributed by atoms with Gasteiger partial charge in [0.25, 0.3) is 5.91 Å². The van der Waals surface area contributed by atoms with Crippen molar-refractivity contribution in [1.82, 2.24) is 15.1 Å². The lowest BCUT2D eigenvalue weighted by Gasteiger charge is -2.32. The molecular formula is C20H25Cl2N3O5. The van der Waals surface area contributed by atoms with E-state index in [1.807, 2.05) is 0 Å². The highest BCUT2D eigenvalue weighted by molar-refractivity contribution is 6.36. The maximum atomic E-state index is 12.4. The molecule has 0 bridgehead atoms. The van der Waals surface area contributed by atoms with Gasteiger partial charge >= 0.3 is 5.97 Å². The molecule has 10 heteroatoms. The number of hydrogen-bond acceptors (Lipinski definition) is 5. The van der Waals surface area contributed by atoms with Crippen molar-refractivity contribution in [3.05, 3.63) is 33.8 Å². The van der Waals surface area contributed by atoms with Crippen LogP contribution in [0.25, 0.3) is 0 Å². The van der Waals surface area contributed by atoms with Crippen LogP contribution in [0.5, 0.6) is 0 Å². The zero-order valence-electron chi connectivity index (χ0n) is 17.0. The molecule has 1 aromatic rings. The first-order valence-electron chi connectivity index (χ1n) is 9.64. The van der Waals surface area contributed by atoms with Crippen molar-refractivity contribution in [2.75, 3.05) is 39.8 Å². The van der Waals surface area contributed by atoms with Crippen molar-refractivity contribution < 1.29 is 23.9 Å². The molecule has 30 heavy (non-hydrogen) atoms. The number of nitrogens with zero attached hydrogens (tertiary/aromatic N) is 2. The van der Waals surface area contributed by atoms with Crippen molar-refractivity contribution in [3.8, 4) is 0 Å². The lowest BCUT2D eigenvalue weighted by Crippen LogP contribution is -2.47. The molecule has 0 aliphatic carbocycles. The van der Waals surface area contributed by atoms with Gasteiger partial charge in [-0.3, -0.25) is 19.2 Å². The molecule has 0 spiro atoms. The van der Waals surface area contributed by atoms with Gasteiger partial charge in [-0.05, 0) is 38.0 Å². The van der Waals surface area contributed by atoms with E-state index in [0.29, 0.717) is 37.6 Å². The van der Waals surface area contributed by atoms with Crippen LogP contribution in [0.4, 0.5) is 0 Å². The lowest BCUT2D eigenvalue weighted by atomic mass is 9.97. The summed E-state index contributed by atoms with van der Waals surface area (Å²) in [7, 11) is 1.49. The van der Waals surface area contributed by atoms with Crippen molar-refractivity contribution >= 4 is 46.9 Å². The van der Waals surface area contributed by atoms with E-state index < -0.39 is 11.8 Å². The lowest BCUT2D eigenvalue weighted by molar-refractivity contribution is -0.151. The van der Waals surface area contributed by atoms with Crippen LogP contribution < -0.4 is 5.32 Å². The van der Waals surface area contributed by atoms with E-state index in [-0.39, 0.29) is 41.5 Å². The summed E-state index contributed by atoms with van der Waals surface area (Å²) in [6.45, 7) is 2.60. The van der Waals surface area contributed by atoms with Crippen LogP contribution in [0.2, 0.25) is 10.0 Å². The van der Waals surface area contributed by atoms with E-state index in [4.69, 9.17) is 27.9 Å². The first-order chi connectivity index (χ1) is 14.2. The minimum absolute atomic E-state index is 0.111. The van der Waals surface area contributed by atoms with Crippen LogP contribution in [-0.2, 0) is 19.1 Å². The van der Waals surface area contributed by atoms with Crippen molar-refractivity contribution in [3.63, 3.8) is 0 Å². The zero-order chi connectivity index (χ0) is 22.3. The van der Waals surface area contributed by atoms with Gasteiger partial charge in [-0.25, -0.2) is 0 Å². The molecule has 1 heterocycles. The van der Waals surface area contributed by atoms with Gasteiger partial charge < -0.3 is 19.9 Å². The van der Waals surface area contributed by atoms with Crippen molar-refractivity contribution in [2.24, 2.45) is 5.92 Å². The quantitative estimate of drug-likeness (QED) is 0.631. The second kappa shape index (κ2) is 11.2. The molecule has 0 saturated carbocycles. The maximum absolute atomic E-state index is 12.4. The number of ether oxygens (including phenoxy) is 1. The van der Waals surface area contributed by atoms with E-state index in [1.54, 1.807) is 11.8 Å². The first-order valence-corrected chi connectivity index (χ1v) is 10.4. The Bertz CT molecular complexity index is 810. The van der Waals surface area contributed by atoms with Gasteiger partial charge in [0.2, 0.25) is 11.8 Å². The predicted octanol–water partition coefficient (Wildman–Crippen LogP) is 1.98. The molecule has 1 fully saturated rings. The minimum Gasteiger partial charge on any atom is -0.466 e. The van der Waals surface area contributed by atoms with E-state index in [9.17, 15) is 19.2 Å². The summed E-state index contributed by atoms with van der Waals surface area (Å²) in [6, 6.07) is 4.44. The average Bonchev–Trinajstić information content (AvgIpc) is 2.71. The van der Waals surface area contributed by atoms with E-state index in [1.165, 1.54) is 30.1 Å². The molecule has 0 radical (unpaired) electrons. The number of halogens is 2. The molecule has 8 nitrogen and oxygen atoms in total. The van der Waals surface area contributed by atoms with E-state index >= 15 is 0 Å². The summed E-state index contributed by atoms with van der Waals surface area (Å²) < 4.78 is 5.02. The average molecular weight is 458 g/mol. The van der Waals surface area contributed by atoms with Crippen LogP contribution in [0.15, 0.2) is 18.2 Å². The van der Waals surface area contributed by atoms with Gasteiger partial charge in [-0.15, -0.1) is 0 Å². The summed E-state index contributed by atoms with van der Waals surface area (Å²) in [5.74, 6) is -1.55. The largest absolute Gasteiger partial charge is 0.466 e. The number of esters is 1. The van der Waals surface area contributed by atoms with E-state index in [2.05, 4.69) is 5.32 Å². The number of hydrogen-bond donors (Lipinski definition) is 1. The van der Waals surface area contributed by atoms with Crippen LogP contribution >= 0.6 is 23.2 Å². The number of nitrogens with one attached hydrogen (secondary N) is 1. The fourth-order valence-electron chi connectivity index (χ4n) is 3.08. The number of rotatable bonds is 7. The van der Waals surface area contributed by atoms with Gasteiger partial charge in [-0.1, -0.05) is 23.2 Å². The normalized spacial score (nSPS) is 14.2. The number of likely N-dealkylation sites (N-methyl/N-ethyl adjacent to an activating group) is 1. The highest BCUT2D eigenvalue weighted by Gasteiger charge is 2.29. The summed E-state index contributed by atoms with van der Waals surface area (Å²) in [5.41, 5.74) is 0.206. The Morgan fingerprint density at radius 1 is 1.20 bits per heavy atom. The van der Waals surface area contributed by atoms with Gasteiger partial charge in [-0.2, -0.15) is 0 Å². The first kappa shape index (κ1) is 24.0. The van der Waals surface area contributed by atoms with Crippen LogP contribution in [0.3, 0.4) is 0 Å². The van der Waals surface area contributed by atoms with Gasteiger partial charge in [0.15, 0.2) is 0 Å². The van der Waals surface area contributed by atoms with Gasteiger partial charge in [0, 0.05) is 25.2 Å². The molecule has 0 unspecified atom stereocenters. The molecule has 1 saturated heterocycles. The molecule has 0 atom stereocenters. The summed E-state index contributed by atoms with van der Waals surface area (Å²) >= 11 is 11.8. The molecule has 3 amide bonds. The van der Waals surface area contributed by atoms with Gasteiger partial charge in [0.05, 0.1) is 36.2 Å². The molecule has 164 valence electrons. The van der Waals surface area contributed by atoms with Crippen molar-refractivity contribution in [1.29, 1.82) is 0 Å². The number of amides is 3. The third kappa shape index (κ3) is 6.60. The number of piperidine rings is 1. The highest BCUT2D eigenvalue weighted by atomic mass is 35.5. The molecular weight excluding hydrogens is 433 g/mol. The molecule has 1 aliphatic rings. The van der Waals surface area contributed by atoms with Gasteiger partial charge in [0.1, 0.15) is 0 Å². The Balaban J connectivity index is 1.78. The Hall–Kier alpha value is -2.32. The summed E-state index contributed by atoms with van der Waals surface area (Å²) in [4.78, 5) is 51.6. The number of carbonyl (C=O) groups is 4. The zero-order valence-corrected chi connectivity index (χ0v) is 18.5. The SMILES string of the molecule is CCOC(=O)C1CCN(C(=O)CN(C)C(=O)CNC(=O)c2ccc(Cl)cc2Cl)CC1. The molecule has 0 aromatic heterocycles. The molecule has 1 aromatic carbocycles. The predicted molar refractivity (Wildman–Crippen MR) is 112 cm³/mol. The molecule has 1 N–H and O–H groups in total. The number of benzene rings is 1. The number of likely N-dealkylation sites (tertiary alicyclic amines) is 1. The Morgan fingerprint density at radius 2 is 1.87 bits per heavy atom. The fourth-order valence-corrected chi connectivity index (χ4v) is 3.57. The summed E-state index contributed by atoms with van der Waals surface area (Å²) in [5, 5.41) is 3.07. The summed E-state index contributed by atoms with van der Waals surface area (Å²) in [6.07, 6.45) is 1.08. The maximum Gasteiger partial charge on any atom is 0.309 e. The van der Waals surface area contributed by atoms with Crippen LogP contribution in [-0.4, -0.2) is 73.3 Å². The van der Waals surface area contributed by atoms with Crippen LogP contribution in [0, 0.1) is 5.92 Å². The highest BCUT2D eigenvalue weighted by Crippen LogP contribution is 2.21. The Labute approximate surface area is 185 Å². The monoisotopic (exact) mass is 457 g/mol. The van der Waals surface area contributed by atoms with Crippen molar-refractivity contribution in [2.45, 2.75) is 19.8 Å². The smallest absolute Gasteiger partial charge is 0.309 e. The Kier molecular flexibility index (Phi) is 8.92. The third-order valence-corrected chi connectivity index (χ3v) is 5.39. The standard InChI is InChI=1S/C20H25Cl2N3O5/c1-3-30-20(29)13-6-8-25(9-7-13)18(27)12-24(2)17(26)11-23-19(28)15-5-4-14(21)10-16(15)22/h4-5,10,13H,3,6-9,11-12H2,1-2H3,(H,23,28). The van der Waals surface area contributed by atoms with Crippen LogP contribution in [0.1, 0.15) is 30.1 Å². The minimum atomic E-state index is -0.509. The second-order valence-electron chi connectivity index (χ2n) is 6.96. The topological polar surface area (TPSA) is 96.0 Å². The molecule has 1 aliphatic heterocycles. The third-order valence-electron chi connectivity index (χ3n) is 4.84. The molecule has 2 rings (SSSR count). The van der Waals surface area contributed by atoms with E-state index in [0.717, 1.165) is 0 Å². The number of carbonyl (C=O) groups excluding carboxylic acids is 4. The second-order valence-corrected chi connectivity index (χ2v) is 7.81. The fraction of sp³-hybridized carbons (Fsp3) is 0.500.